The van der Waals surface area contributed by atoms with E-state index in [0.29, 0.717) is 5.92 Å². The summed E-state index contributed by atoms with van der Waals surface area (Å²) in [6, 6.07) is 0. The molecule has 0 N–H and O–H groups in total. The van der Waals surface area contributed by atoms with Crippen molar-refractivity contribution >= 4 is 0 Å². The second kappa shape index (κ2) is 8.12. The van der Waals surface area contributed by atoms with E-state index in [0.717, 1.165) is 32.8 Å². The molecule has 0 bridgehead atoms. The zero-order valence-corrected chi connectivity index (χ0v) is 11.1. The highest BCUT2D eigenvalue weighted by Crippen LogP contribution is 2.26. The van der Waals surface area contributed by atoms with E-state index in [-0.39, 0.29) is 5.41 Å². The summed E-state index contributed by atoms with van der Waals surface area (Å²) >= 11 is 0. The average molecular weight is 216 g/mol. The largest absolute Gasteiger partial charge is 0.381 e. The molecule has 2 nitrogen and oxygen atoms in total. The SMILES string of the molecule is CCCCOCC(COCC)C(C)(C)C. The fraction of sp³-hybridized carbons (Fsp3) is 1.00. The zero-order valence-electron chi connectivity index (χ0n) is 11.1. The monoisotopic (exact) mass is 216 g/mol. The minimum absolute atomic E-state index is 0.265. The van der Waals surface area contributed by atoms with Crippen LogP contribution in [0.25, 0.3) is 0 Å². The van der Waals surface area contributed by atoms with E-state index in [9.17, 15) is 0 Å². The molecule has 0 heterocycles. The maximum atomic E-state index is 5.68. The van der Waals surface area contributed by atoms with Gasteiger partial charge >= 0.3 is 0 Å². The van der Waals surface area contributed by atoms with Gasteiger partial charge in [-0.2, -0.15) is 0 Å². The summed E-state index contributed by atoms with van der Waals surface area (Å²) in [4.78, 5) is 0. The van der Waals surface area contributed by atoms with Gasteiger partial charge in [0.15, 0.2) is 0 Å². The Bertz CT molecular complexity index is 138. The third kappa shape index (κ3) is 7.80. The highest BCUT2D eigenvalue weighted by atomic mass is 16.5. The van der Waals surface area contributed by atoms with Gasteiger partial charge in [0.1, 0.15) is 0 Å². The molecule has 1 atom stereocenters. The zero-order chi connectivity index (χ0) is 11.7. The molecule has 0 aliphatic heterocycles. The topological polar surface area (TPSA) is 18.5 Å². The van der Waals surface area contributed by atoms with Crippen molar-refractivity contribution in [1.82, 2.24) is 0 Å². The molecular weight excluding hydrogens is 188 g/mol. The van der Waals surface area contributed by atoms with Crippen LogP contribution in [-0.4, -0.2) is 26.4 Å². The van der Waals surface area contributed by atoms with Crippen molar-refractivity contribution in [1.29, 1.82) is 0 Å². The number of hydrogen-bond donors (Lipinski definition) is 0. The van der Waals surface area contributed by atoms with Gasteiger partial charge < -0.3 is 9.47 Å². The molecule has 15 heavy (non-hydrogen) atoms. The molecule has 2 heteroatoms. The molecule has 0 fully saturated rings. The van der Waals surface area contributed by atoms with Gasteiger partial charge in [0.05, 0.1) is 13.2 Å². The Hall–Kier alpha value is -0.0800. The van der Waals surface area contributed by atoms with Gasteiger partial charge in [0.2, 0.25) is 0 Å². The Morgan fingerprint density at radius 3 is 2.07 bits per heavy atom. The van der Waals surface area contributed by atoms with E-state index < -0.39 is 0 Å². The normalized spacial score (nSPS) is 14.2. The van der Waals surface area contributed by atoms with Crippen molar-refractivity contribution in [2.24, 2.45) is 11.3 Å². The van der Waals surface area contributed by atoms with Crippen molar-refractivity contribution in [3.63, 3.8) is 0 Å². The first kappa shape index (κ1) is 14.9. The molecule has 0 amide bonds. The molecule has 0 aliphatic rings. The maximum absolute atomic E-state index is 5.68. The minimum Gasteiger partial charge on any atom is -0.381 e. The second-order valence-electron chi connectivity index (χ2n) is 5.15. The van der Waals surface area contributed by atoms with Crippen LogP contribution in [0.3, 0.4) is 0 Å². The molecule has 0 aliphatic carbocycles. The van der Waals surface area contributed by atoms with Crippen LogP contribution in [0.4, 0.5) is 0 Å². The van der Waals surface area contributed by atoms with Crippen LogP contribution in [0, 0.1) is 11.3 Å². The quantitative estimate of drug-likeness (QED) is 0.578. The van der Waals surface area contributed by atoms with E-state index in [4.69, 9.17) is 9.47 Å². The second-order valence-corrected chi connectivity index (χ2v) is 5.15. The molecule has 0 radical (unpaired) electrons. The van der Waals surface area contributed by atoms with E-state index in [1.165, 1.54) is 6.42 Å². The molecule has 0 saturated heterocycles. The lowest BCUT2D eigenvalue weighted by Gasteiger charge is -2.30. The summed E-state index contributed by atoms with van der Waals surface area (Å²) in [6.45, 7) is 14.3. The molecule has 0 rings (SSSR count). The third-order valence-electron chi connectivity index (χ3n) is 2.71. The number of unbranched alkanes of at least 4 members (excludes halogenated alkanes) is 1. The molecule has 0 aromatic rings. The number of ether oxygens (including phenoxy) is 2. The predicted octanol–water partition coefficient (Wildman–Crippen LogP) is 3.50. The van der Waals surface area contributed by atoms with Crippen LogP contribution in [0.2, 0.25) is 0 Å². The third-order valence-corrected chi connectivity index (χ3v) is 2.71. The Balaban J connectivity index is 3.81. The lowest BCUT2D eigenvalue weighted by molar-refractivity contribution is -0.00167. The van der Waals surface area contributed by atoms with Gasteiger partial charge in [0, 0.05) is 19.1 Å². The first-order valence-electron chi connectivity index (χ1n) is 6.17. The van der Waals surface area contributed by atoms with E-state index in [2.05, 4.69) is 27.7 Å². The van der Waals surface area contributed by atoms with Gasteiger partial charge in [-0.15, -0.1) is 0 Å². The summed E-state index contributed by atoms with van der Waals surface area (Å²) in [6.07, 6.45) is 2.36. The lowest BCUT2D eigenvalue weighted by Crippen LogP contribution is -2.29. The Kier molecular flexibility index (Phi) is 8.07. The standard InChI is InChI=1S/C13H28O2/c1-6-8-9-15-11-12(10-14-7-2)13(3,4)5/h12H,6-11H2,1-5H3. The summed E-state index contributed by atoms with van der Waals surface area (Å²) < 4.78 is 11.2. The molecule has 0 aromatic heterocycles. The lowest BCUT2D eigenvalue weighted by atomic mass is 9.82. The average Bonchev–Trinajstić information content (AvgIpc) is 2.15. The number of hydrogen-bond acceptors (Lipinski definition) is 2. The Morgan fingerprint density at radius 1 is 1.00 bits per heavy atom. The highest BCUT2D eigenvalue weighted by Gasteiger charge is 2.24. The summed E-state index contributed by atoms with van der Waals surface area (Å²) in [7, 11) is 0. The first-order chi connectivity index (χ1) is 7.02. The smallest absolute Gasteiger partial charge is 0.0521 e. The summed E-state index contributed by atoms with van der Waals surface area (Å²) in [5.74, 6) is 0.495. The van der Waals surface area contributed by atoms with Crippen molar-refractivity contribution in [2.75, 3.05) is 26.4 Å². The molecule has 0 aromatic carbocycles. The first-order valence-corrected chi connectivity index (χ1v) is 6.17. The van der Waals surface area contributed by atoms with Gasteiger partial charge in [0.25, 0.3) is 0 Å². The molecule has 92 valence electrons. The van der Waals surface area contributed by atoms with Gasteiger partial charge in [-0.1, -0.05) is 34.1 Å². The fourth-order valence-corrected chi connectivity index (χ4v) is 1.28. The van der Waals surface area contributed by atoms with Crippen LogP contribution in [-0.2, 0) is 9.47 Å². The van der Waals surface area contributed by atoms with E-state index >= 15 is 0 Å². The van der Waals surface area contributed by atoms with Crippen LogP contribution in [0.5, 0.6) is 0 Å². The van der Waals surface area contributed by atoms with Crippen LogP contribution >= 0.6 is 0 Å². The van der Waals surface area contributed by atoms with Crippen molar-refractivity contribution in [3.05, 3.63) is 0 Å². The maximum Gasteiger partial charge on any atom is 0.0521 e. The van der Waals surface area contributed by atoms with Gasteiger partial charge in [-0.05, 0) is 18.8 Å². The van der Waals surface area contributed by atoms with Crippen LogP contribution in [0.1, 0.15) is 47.5 Å². The van der Waals surface area contributed by atoms with E-state index in [1.807, 2.05) is 6.92 Å². The van der Waals surface area contributed by atoms with Gasteiger partial charge in [-0.25, -0.2) is 0 Å². The predicted molar refractivity (Wildman–Crippen MR) is 65.2 cm³/mol. The molecule has 0 spiro atoms. The highest BCUT2D eigenvalue weighted by molar-refractivity contribution is 4.73. The Labute approximate surface area is 95.3 Å². The van der Waals surface area contributed by atoms with Gasteiger partial charge in [-0.3, -0.25) is 0 Å². The minimum atomic E-state index is 0.265. The van der Waals surface area contributed by atoms with Crippen molar-refractivity contribution < 1.29 is 9.47 Å². The van der Waals surface area contributed by atoms with Crippen molar-refractivity contribution in [2.45, 2.75) is 47.5 Å². The molecular formula is C13H28O2. The Morgan fingerprint density at radius 2 is 1.60 bits per heavy atom. The number of rotatable bonds is 8. The van der Waals surface area contributed by atoms with Crippen LogP contribution < -0.4 is 0 Å². The van der Waals surface area contributed by atoms with Crippen LogP contribution in [0.15, 0.2) is 0 Å². The summed E-state index contributed by atoms with van der Waals surface area (Å²) in [5.41, 5.74) is 0.265. The summed E-state index contributed by atoms with van der Waals surface area (Å²) in [5, 5.41) is 0. The fourth-order valence-electron chi connectivity index (χ4n) is 1.28. The van der Waals surface area contributed by atoms with Crippen molar-refractivity contribution in [3.8, 4) is 0 Å². The molecule has 1 unspecified atom stereocenters. The molecule has 0 saturated carbocycles. The van der Waals surface area contributed by atoms with E-state index in [1.54, 1.807) is 0 Å².